The zero-order valence-corrected chi connectivity index (χ0v) is 16.8. The average molecular weight is 395 g/mol. The minimum atomic E-state index is 0.336. The summed E-state index contributed by atoms with van der Waals surface area (Å²) in [6.45, 7) is 8.27. The van der Waals surface area contributed by atoms with Crippen LogP contribution in [0.15, 0.2) is 67.5 Å². The first kappa shape index (κ1) is 18.1. The predicted octanol–water partition coefficient (Wildman–Crippen LogP) is 5.14. The number of hydrogen-bond donors (Lipinski definition) is 3. The van der Waals surface area contributed by atoms with Crippen molar-refractivity contribution in [2.45, 2.75) is 13.8 Å². The van der Waals surface area contributed by atoms with Crippen molar-refractivity contribution in [2.75, 3.05) is 5.32 Å². The van der Waals surface area contributed by atoms with Gasteiger partial charge in [0.15, 0.2) is 0 Å². The van der Waals surface area contributed by atoms with Crippen molar-refractivity contribution in [1.29, 1.82) is 0 Å². The summed E-state index contributed by atoms with van der Waals surface area (Å²) in [5, 5.41) is 12.9. The predicted molar refractivity (Wildman–Crippen MR) is 120 cm³/mol. The van der Waals surface area contributed by atoms with Crippen molar-refractivity contribution in [2.24, 2.45) is 5.92 Å². The number of hydrogen-bond acceptors (Lipinski definition) is 5. The molecule has 5 aromatic heterocycles. The molecular formula is C23H21N7. The minimum absolute atomic E-state index is 0.336. The molecule has 0 aromatic carbocycles. The van der Waals surface area contributed by atoms with Gasteiger partial charge in [-0.05, 0) is 30.2 Å². The maximum absolute atomic E-state index is 4.60. The van der Waals surface area contributed by atoms with E-state index in [-0.39, 0.29) is 0 Å². The first-order chi connectivity index (χ1) is 14.6. The van der Waals surface area contributed by atoms with Gasteiger partial charge >= 0.3 is 0 Å². The molecule has 0 amide bonds. The monoisotopic (exact) mass is 395 g/mol. The molecule has 0 fully saturated rings. The third-order valence-electron chi connectivity index (χ3n) is 5.16. The number of aromatic amines is 2. The lowest BCUT2D eigenvalue weighted by Gasteiger charge is -2.13. The van der Waals surface area contributed by atoms with Crippen LogP contribution in [0.25, 0.3) is 44.5 Å². The van der Waals surface area contributed by atoms with Gasteiger partial charge in [0, 0.05) is 46.1 Å². The Morgan fingerprint density at radius 3 is 2.77 bits per heavy atom. The number of anilines is 1. The molecule has 0 saturated heterocycles. The lowest BCUT2D eigenvalue weighted by atomic mass is 10.1. The molecule has 0 aliphatic carbocycles. The van der Waals surface area contributed by atoms with Crippen molar-refractivity contribution in [3.05, 3.63) is 67.5 Å². The highest BCUT2D eigenvalue weighted by molar-refractivity contribution is 5.96. The molecule has 0 spiro atoms. The van der Waals surface area contributed by atoms with Crippen LogP contribution in [0.3, 0.4) is 0 Å². The molecule has 0 aliphatic rings. The smallest absolute Gasteiger partial charge is 0.116 e. The number of fused-ring (bicyclic) bond motifs is 2. The molecular weight excluding hydrogens is 374 g/mol. The van der Waals surface area contributed by atoms with Gasteiger partial charge in [0.05, 0.1) is 35.0 Å². The average Bonchev–Trinajstić information content (AvgIpc) is 3.37. The summed E-state index contributed by atoms with van der Waals surface area (Å²) in [6.07, 6.45) is 9.02. The van der Waals surface area contributed by atoms with Gasteiger partial charge in [-0.25, -0.2) is 0 Å². The van der Waals surface area contributed by atoms with Crippen molar-refractivity contribution >= 4 is 27.5 Å². The molecule has 7 nitrogen and oxygen atoms in total. The normalized spacial score (nSPS) is 11.4. The van der Waals surface area contributed by atoms with Gasteiger partial charge in [-0.2, -0.15) is 5.10 Å². The molecule has 0 radical (unpaired) electrons. The van der Waals surface area contributed by atoms with E-state index in [1.165, 1.54) is 0 Å². The van der Waals surface area contributed by atoms with Crippen molar-refractivity contribution in [3.63, 3.8) is 0 Å². The van der Waals surface area contributed by atoms with Crippen LogP contribution in [-0.4, -0.2) is 30.1 Å². The standard InChI is InChI=1S/C23H21N7/c1-13(2)14(3)27-17-6-15(10-25-11-17)20-8-18-22(12-26-20)29-30-23(18)21-7-16-9-24-5-4-19(16)28-21/h4-13,27-28H,3H2,1-2H3,(H,29,30). The highest BCUT2D eigenvalue weighted by Gasteiger charge is 2.13. The van der Waals surface area contributed by atoms with E-state index in [1.54, 1.807) is 18.6 Å². The summed E-state index contributed by atoms with van der Waals surface area (Å²) in [6, 6.07) is 8.08. The van der Waals surface area contributed by atoms with Crippen LogP contribution in [0, 0.1) is 5.92 Å². The SMILES string of the molecule is C=C(Nc1cncc(-c2cc3c(-c4cc5cnccc5[nH]4)n[nH]c3cn2)c1)C(C)C. The highest BCUT2D eigenvalue weighted by Crippen LogP contribution is 2.31. The van der Waals surface area contributed by atoms with Crippen molar-refractivity contribution in [1.82, 2.24) is 30.1 Å². The topological polar surface area (TPSA) is 95.2 Å². The van der Waals surface area contributed by atoms with Crippen molar-refractivity contribution < 1.29 is 0 Å². The summed E-state index contributed by atoms with van der Waals surface area (Å²) < 4.78 is 0. The Morgan fingerprint density at radius 1 is 1.03 bits per heavy atom. The molecule has 148 valence electrons. The van der Waals surface area contributed by atoms with E-state index in [0.29, 0.717) is 5.92 Å². The summed E-state index contributed by atoms with van der Waals surface area (Å²) in [5.41, 5.74) is 7.27. The molecule has 0 aliphatic heterocycles. The summed E-state index contributed by atoms with van der Waals surface area (Å²) in [7, 11) is 0. The number of nitrogens with one attached hydrogen (secondary N) is 3. The second-order valence-corrected chi connectivity index (χ2v) is 7.60. The van der Waals surface area contributed by atoms with E-state index in [4.69, 9.17) is 0 Å². The first-order valence-corrected chi connectivity index (χ1v) is 9.77. The molecule has 3 N–H and O–H groups in total. The lowest BCUT2D eigenvalue weighted by molar-refractivity contribution is 0.778. The first-order valence-electron chi connectivity index (χ1n) is 9.77. The van der Waals surface area contributed by atoms with E-state index >= 15 is 0 Å². The molecule has 0 bridgehead atoms. The molecule has 0 saturated carbocycles. The fourth-order valence-corrected chi connectivity index (χ4v) is 3.36. The quantitative estimate of drug-likeness (QED) is 0.383. The molecule has 0 atom stereocenters. The summed E-state index contributed by atoms with van der Waals surface area (Å²) >= 11 is 0. The Labute approximate surface area is 173 Å². The van der Waals surface area contributed by atoms with Gasteiger partial charge in [0.1, 0.15) is 5.69 Å². The largest absolute Gasteiger partial charge is 0.358 e. The van der Waals surface area contributed by atoms with E-state index in [2.05, 4.69) is 61.9 Å². The van der Waals surface area contributed by atoms with Crippen LogP contribution in [0.4, 0.5) is 5.69 Å². The summed E-state index contributed by atoms with van der Waals surface area (Å²) in [4.78, 5) is 16.6. The highest BCUT2D eigenvalue weighted by atomic mass is 15.1. The Kier molecular flexibility index (Phi) is 4.28. The van der Waals surface area contributed by atoms with Crippen molar-refractivity contribution in [3.8, 4) is 22.6 Å². The van der Waals surface area contributed by atoms with E-state index < -0.39 is 0 Å². The maximum Gasteiger partial charge on any atom is 0.116 e. The fourth-order valence-electron chi connectivity index (χ4n) is 3.36. The zero-order chi connectivity index (χ0) is 20.7. The third-order valence-corrected chi connectivity index (χ3v) is 5.16. The number of rotatable bonds is 5. The van der Waals surface area contributed by atoms with Gasteiger partial charge in [-0.15, -0.1) is 0 Å². The van der Waals surface area contributed by atoms with E-state index in [0.717, 1.165) is 55.8 Å². The zero-order valence-electron chi connectivity index (χ0n) is 16.8. The Morgan fingerprint density at radius 2 is 1.93 bits per heavy atom. The van der Waals surface area contributed by atoms with Crippen LogP contribution in [0.5, 0.6) is 0 Å². The Balaban J connectivity index is 1.55. The number of pyridine rings is 3. The van der Waals surface area contributed by atoms with E-state index in [9.17, 15) is 0 Å². The second kappa shape index (κ2) is 7.11. The van der Waals surface area contributed by atoms with Gasteiger partial charge < -0.3 is 10.3 Å². The molecule has 7 heteroatoms. The van der Waals surface area contributed by atoms with Crippen LogP contribution >= 0.6 is 0 Å². The summed E-state index contributed by atoms with van der Waals surface area (Å²) in [5.74, 6) is 0.336. The van der Waals surface area contributed by atoms with Crippen LogP contribution in [0.1, 0.15) is 13.8 Å². The van der Waals surface area contributed by atoms with Crippen LogP contribution < -0.4 is 5.32 Å². The van der Waals surface area contributed by atoms with Gasteiger partial charge in [0.2, 0.25) is 0 Å². The second-order valence-electron chi connectivity index (χ2n) is 7.60. The molecule has 30 heavy (non-hydrogen) atoms. The fraction of sp³-hybridized carbons (Fsp3) is 0.130. The number of allylic oxidation sites excluding steroid dienone is 1. The maximum atomic E-state index is 4.60. The van der Waals surface area contributed by atoms with Gasteiger partial charge in [-0.3, -0.25) is 20.1 Å². The number of aromatic nitrogens is 6. The molecule has 5 rings (SSSR count). The Hall–Kier alpha value is -4.00. The molecule has 5 aromatic rings. The van der Waals surface area contributed by atoms with Crippen LogP contribution in [0.2, 0.25) is 0 Å². The number of nitrogens with zero attached hydrogens (tertiary/aromatic N) is 4. The van der Waals surface area contributed by atoms with Gasteiger partial charge in [0.25, 0.3) is 0 Å². The molecule has 5 heterocycles. The number of H-pyrrole nitrogens is 2. The third kappa shape index (κ3) is 3.20. The minimum Gasteiger partial charge on any atom is -0.358 e. The van der Waals surface area contributed by atoms with Gasteiger partial charge in [-0.1, -0.05) is 20.4 Å². The Bertz CT molecular complexity index is 1340. The lowest BCUT2D eigenvalue weighted by Crippen LogP contribution is -2.04. The van der Waals surface area contributed by atoms with E-state index in [1.807, 2.05) is 30.6 Å². The van der Waals surface area contributed by atoms with Crippen LogP contribution in [-0.2, 0) is 0 Å². The molecule has 0 unspecified atom stereocenters.